The van der Waals surface area contributed by atoms with E-state index in [2.05, 4.69) is 23.1 Å². The van der Waals surface area contributed by atoms with Crippen molar-refractivity contribution < 1.29 is 9.53 Å². The van der Waals surface area contributed by atoms with Crippen molar-refractivity contribution in [3.05, 3.63) is 48.4 Å². The molecule has 2 N–H and O–H groups in total. The molecule has 0 aliphatic heterocycles. The van der Waals surface area contributed by atoms with Crippen LogP contribution in [0.1, 0.15) is 18.4 Å². The molecule has 1 aromatic carbocycles. The summed E-state index contributed by atoms with van der Waals surface area (Å²) >= 11 is 0. The Morgan fingerprint density at radius 2 is 1.95 bits per heavy atom. The highest BCUT2D eigenvalue weighted by Crippen LogP contribution is 2.02. The fourth-order valence-corrected chi connectivity index (χ4v) is 1.47. The molecular formula is C16H20N2O2. The summed E-state index contributed by atoms with van der Waals surface area (Å²) in [6, 6.07) is 9.85. The van der Waals surface area contributed by atoms with Crippen molar-refractivity contribution in [2.75, 3.05) is 13.1 Å². The number of ether oxygens (including phenoxy) is 1. The number of amides is 1. The summed E-state index contributed by atoms with van der Waals surface area (Å²) in [6.07, 6.45) is 5.91. The largest absolute Gasteiger partial charge is 0.475 e. The Hall–Kier alpha value is -2.41. The van der Waals surface area contributed by atoms with Gasteiger partial charge in [-0.05, 0) is 12.1 Å². The smallest absolute Gasteiger partial charge is 0.221 e. The molecule has 20 heavy (non-hydrogen) atoms. The zero-order chi connectivity index (χ0) is 14.6. The minimum Gasteiger partial charge on any atom is -0.475 e. The summed E-state index contributed by atoms with van der Waals surface area (Å²) < 4.78 is 5.46. The number of terminal acetylenes is 1. The van der Waals surface area contributed by atoms with Gasteiger partial charge < -0.3 is 15.4 Å². The van der Waals surface area contributed by atoms with Gasteiger partial charge in [-0.15, -0.1) is 12.3 Å². The lowest BCUT2D eigenvalue weighted by molar-refractivity contribution is -0.120. The minimum atomic E-state index is -0.0411. The Morgan fingerprint density at radius 3 is 2.65 bits per heavy atom. The quantitative estimate of drug-likeness (QED) is 0.409. The van der Waals surface area contributed by atoms with E-state index in [1.165, 1.54) is 0 Å². The molecule has 0 atom stereocenters. The lowest BCUT2D eigenvalue weighted by Gasteiger charge is -2.11. The van der Waals surface area contributed by atoms with Crippen molar-refractivity contribution in [2.24, 2.45) is 0 Å². The molecule has 0 radical (unpaired) electrons. The molecule has 4 heteroatoms. The van der Waals surface area contributed by atoms with Crippen molar-refractivity contribution in [2.45, 2.75) is 19.4 Å². The molecule has 1 rings (SSSR count). The van der Waals surface area contributed by atoms with E-state index < -0.39 is 0 Å². The molecule has 0 bridgehead atoms. The maximum Gasteiger partial charge on any atom is 0.221 e. The van der Waals surface area contributed by atoms with Gasteiger partial charge in [-0.3, -0.25) is 4.79 Å². The maximum atomic E-state index is 11.3. The Balaban J connectivity index is 2.06. The monoisotopic (exact) mass is 272 g/mol. The molecule has 1 amide bonds. The third-order valence-electron chi connectivity index (χ3n) is 2.52. The number of carbonyl (C=O) groups is 1. The van der Waals surface area contributed by atoms with E-state index in [0.29, 0.717) is 38.4 Å². The van der Waals surface area contributed by atoms with Crippen molar-refractivity contribution in [1.82, 2.24) is 10.6 Å². The van der Waals surface area contributed by atoms with Gasteiger partial charge in [-0.25, -0.2) is 0 Å². The number of nitrogens with one attached hydrogen (secondary N) is 2. The summed E-state index contributed by atoms with van der Waals surface area (Å²) in [4.78, 5) is 11.3. The van der Waals surface area contributed by atoms with Gasteiger partial charge in [0.25, 0.3) is 0 Å². The van der Waals surface area contributed by atoms with Crippen molar-refractivity contribution >= 4 is 5.91 Å². The molecule has 1 aromatic rings. The Bertz CT molecular complexity index is 463. The van der Waals surface area contributed by atoms with E-state index in [-0.39, 0.29) is 5.91 Å². The van der Waals surface area contributed by atoms with Crippen LogP contribution in [-0.2, 0) is 16.1 Å². The third-order valence-corrected chi connectivity index (χ3v) is 2.52. The third kappa shape index (κ3) is 7.12. The first-order chi connectivity index (χ1) is 9.72. The number of carbonyl (C=O) groups excluding carboxylic acids is 1. The van der Waals surface area contributed by atoms with E-state index in [1.54, 1.807) is 0 Å². The van der Waals surface area contributed by atoms with Crippen molar-refractivity contribution in [3.63, 3.8) is 0 Å². The molecule has 0 unspecified atom stereocenters. The van der Waals surface area contributed by atoms with Gasteiger partial charge in [0, 0.05) is 25.9 Å². The lowest BCUT2D eigenvalue weighted by atomic mass is 10.2. The van der Waals surface area contributed by atoms with Gasteiger partial charge in [0.1, 0.15) is 6.61 Å². The molecule has 0 saturated carbocycles. The summed E-state index contributed by atoms with van der Waals surface area (Å²) in [5.74, 6) is 2.88. The van der Waals surface area contributed by atoms with Crippen LogP contribution in [0.2, 0.25) is 0 Å². The van der Waals surface area contributed by atoms with E-state index in [1.807, 2.05) is 30.3 Å². The second-order valence-corrected chi connectivity index (χ2v) is 4.18. The summed E-state index contributed by atoms with van der Waals surface area (Å²) in [7, 11) is 0. The zero-order valence-electron chi connectivity index (χ0n) is 11.5. The van der Waals surface area contributed by atoms with Crippen LogP contribution in [0.3, 0.4) is 0 Å². The van der Waals surface area contributed by atoms with E-state index >= 15 is 0 Å². The second kappa shape index (κ2) is 9.51. The average Bonchev–Trinajstić information content (AvgIpc) is 2.48. The molecule has 4 nitrogen and oxygen atoms in total. The zero-order valence-corrected chi connectivity index (χ0v) is 11.5. The molecular weight excluding hydrogens is 252 g/mol. The second-order valence-electron chi connectivity index (χ2n) is 4.18. The first-order valence-corrected chi connectivity index (χ1v) is 6.52. The van der Waals surface area contributed by atoms with E-state index in [9.17, 15) is 4.79 Å². The van der Waals surface area contributed by atoms with Gasteiger partial charge in [0.05, 0.1) is 0 Å². The van der Waals surface area contributed by atoms with Crippen molar-refractivity contribution in [1.29, 1.82) is 0 Å². The van der Waals surface area contributed by atoms with E-state index in [0.717, 1.165) is 5.56 Å². The molecule has 0 spiro atoms. The lowest BCUT2D eigenvalue weighted by Crippen LogP contribution is -2.31. The fourth-order valence-electron chi connectivity index (χ4n) is 1.47. The Morgan fingerprint density at radius 1 is 1.25 bits per heavy atom. The fraction of sp³-hybridized carbons (Fsp3) is 0.312. The van der Waals surface area contributed by atoms with Crippen LogP contribution in [0.4, 0.5) is 0 Å². The van der Waals surface area contributed by atoms with Gasteiger partial charge >= 0.3 is 0 Å². The van der Waals surface area contributed by atoms with Gasteiger partial charge in [0.15, 0.2) is 5.88 Å². The predicted molar refractivity (Wildman–Crippen MR) is 79.5 cm³/mol. The van der Waals surface area contributed by atoms with Crippen LogP contribution < -0.4 is 10.6 Å². The first kappa shape index (κ1) is 15.6. The maximum absolute atomic E-state index is 11.3. The van der Waals surface area contributed by atoms with Crippen molar-refractivity contribution in [3.8, 4) is 12.3 Å². The summed E-state index contributed by atoms with van der Waals surface area (Å²) in [5, 5.41) is 5.75. The molecule has 106 valence electrons. The van der Waals surface area contributed by atoms with Crippen LogP contribution in [0, 0.1) is 12.3 Å². The van der Waals surface area contributed by atoms with Crippen LogP contribution >= 0.6 is 0 Å². The van der Waals surface area contributed by atoms with Crippen LogP contribution in [0.15, 0.2) is 42.8 Å². The number of hydrogen-bond donors (Lipinski definition) is 2. The highest BCUT2D eigenvalue weighted by atomic mass is 16.5. The van der Waals surface area contributed by atoms with Gasteiger partial charge in [0.2, 0.25) is 5.91 Å². The first-order valence-electron chi connectivity index (χ1n) is 6.52. The minimum absolute atomic E-state index is 0.0411. The summed E-state index contributed by atoms with van der Waals surface area (Å²) in [5.41, 5.74) is 1.08. The molecule has 0 aliphatic carbocycles. The Labute approximate surface area is 120 Å². The van der Waals surface area contributed by atoms with Crippen LogP contribution in [-0.4, -0.2) is 19.0 Å². The molecule has 0 aliphatic rings. The SMILES string of the molecule is C#CCCC(=O)NCCNC(=C)OCc1ccccc1. The Kier molecular flexibility index (Phi) is 7.44. The number of hydrogen-bond acceptors (Lipinski definition) is 3. The topological polar surface area (TPSA) is 50.4 Å². The summed E-state index contributed by atoms with van der Waals surface area (Å²) in [6.45, 7) is 5.31. The van der Waals surface area contributed by atoms with Gasteiger partial charge in [-0.1, -0.05) is 30.3 Å². The molecule has 0 fully saturated rings. The highest BCUT2D eigenvalue weighted by molar-refractivity contribution is 5.76. The number of rotatable bonds is 9. The predicted octanol–water partition coefficient (Wildman–Crippen LogP) is 1.79. The van der Waals surface area contributed by atoms with E-state index in [4.69, 9.17) is 11.2 Å². The molecule has 0 aromatic heterocycles. The van der Waals surface area contributed by atoms with Gasteiger partial charge in [-0.2, -0.15) is 0 Å². The molecule has 0 saturated heterocycles. The standard InChI is InChI=1S/C16H20N2O2/c1-3-4-10-16(19)18-12-11-17-14(2)20-13-15-8-6-5-7-9-15/h1,5-9,17H,2,4,10-13H2,(H,18,19). The number of benzene rings is 1. The molecule has 0 heterocycles. The normalized spacial score (nSPS) is 9.35. The van der Waals surface area contributed by atoms with Crippen LogP contribution in [0.5, 0.6) is 0 Å². The highest BCUT2D eigenvalue weighted by Gasteiger charge is 1.99. The van der Waals surface area contributed by atoms with Crippen LogP contribution in [0.25, 0.3) is 0 Å². The average molecular weight is 272 g/mol.